The van der Waals surface area contributed by atoms with E-state index in [4.69, 9.17) is 4.74 Å². The Balaban J connectivity index is 2.29. The zero-order valence-corrected chi connectivity index (χ0v) is 12.2. The molecule has 0 aliphatic carbocycles. The first-order valence-corrected chi connectivity index (χ1v) is 6.95. The van der Waals surface area contributed by atoms with E-state index in [9.17, 15) is 9.59 Å². The van der Waals surface area contributed by atoms with Crippen LogP contribution in [0.15, 0.2) is 35.5 Å². The standard InChI is InChI=1S/C14H11N3O3S/c1-8-10-12(21-11(8)14(19)20-2)16-7-17(13(10)18)9-5-3-4-6-15-9/h3-7H,1-2H3. The minimum atomic E-state index is -0.459. The zero-order chi connectivity index (χ0) is 15.0. The number of rotatable bonds is 2. The molecule has 0 fully saturated rings. The third-order valence-corrected chi connectivity index (χ3v) is 4.30. The summed E-state index contributed by atoms with van der Waals surface area (Å²) in [6, 6.07) is 5.28. The lowest BCUT2D eigenvalue weighted by molar-refractivity contribution is 0.0605. The van der Waals surface area contributed by atoms with Crippen molar-refractivity contribution < 1.29 is 9.53 Å². The van der Waals surface area contributed by atoms with Crippen molar-refractivity contribution >= 4 is 27.5 Å². The van der Waals surface area contributed by atoms with Crippen LogP contribution in [-0.2, 0) is 4.74 Å². The number of nitrogens with zero attached hydrogens (tertiary/aromatic N) is 3. The van der Waals surface area contributed by atoms with Gasteiger partial charge in [-0.3, -0.25) is 9.36 Å². The number of carbonyl (C=O) groups is 1. The van der Waals surface area contributed by atoms with Crippen molar-refractivity contribution in [2.75, 3.05) is 7.11 Å². The maximum absolute atomic E-state index is 12.6. The molecule has 7 heteroatoms. The van der Waals surface area contributed by atoms with E-state index in [2.05, 4.69) is 9.97 Å². The highest BCUT2D eigenvalue weighted by molar-refractivity contribution is 7.20. The van der Waals surface area contributed by atoms with Crippen LogP contribution in [0.5, 0.6) is 0 Å². The Kier molecular flexibility index (Phi) is 3.26. The second-order valence-electron chi connectivity index (χ2n) is 4.34. The van der Waals surface area contributed by atoms with Gasteiger partial charge in [-0.1, -0.05) is 6.07 Å². The molecule has 0 amide bonds. The quantitative estimate of drug-likeness (QED) is 0.676. The van der Waals surface area contributed by atoms with Crippen molar-refractivity contribution in [3.63, 3.8) is 0 Å². The van der Waals surface area contributed by atoms with Gasteiger partial charge in [0, 0.05) is 6.20 Å². The van der Waals surface area contributed by atoms with Crippen molar-refractivity contribution in [2.45, 2.75) is 6.92 Å². The number of pyridine rings is 1. The van der Waals surface area contributed by atoms with Crippen LogP contribution in [0.1, 0.15) is 15.2 Å². The first-order chi connectivity index (χ1) is 10.1. The molecule has 21 heavy (non-hydrogen) atoms. The fourth-order valence-electron chi connectivity index (χ4n) is 2.07. The molecule has 0 unspecified atom stereocenters. The molecule has 0 aliphatic rings. The predicted molar refractivity (Wildman–Crippen MR) is 79.1 cm³/mol. The van der Waals surface area contributed by atoms with Crippen molar-refractivity contribution in [3.05, 3.63) is 51.5 Å². The summed E-state index contributed by atoms with van der Waals surface area (Å²) in [5.74, 6) is 0.0291. The molecule has 3 heterocycles. The number of ether oxygens (including phenoxy) is 1. The number of fused-ring (bicyclic) bond motifs is 1. The number of hydrogen-bond donors (Lipinski definition) is 0. The molecule has 0 saturated heterocycles. The van der Waals surface area contributed by atoms with E-state index in [1.807, 2.05) is 0 Å². The Labute approximate surface area is 123 Å². The van der Waals surface area contributed by atoms with Crippen LogP contribution in [-0.4, -0.2) is 27.6 Å². The topological polar surface area (TPSA) is 74.1 Å². The highest BCUT2D eigenvalue weighted by atomic mass is 32.1. The summed E-state index contributed by atoms with van der Waals surface area (Å²) >= 11 is 1.16. The highest BCUT2D eigenvalue weighted by Gasteiger charge is 2.20. The van der Waals surface area contributed by atoms with Gasteiger partial charge in [0.2, 0.25) is 0 Å². The van der Waals surface area contributed by atoms with Gasteiger partial charge in [-0.15, -0.1) is 11.3 Å². The van der Waals surface area contributed by atoms with Gasteiger partial charge in [0.25, 0.3) is 5.56 Å². The largest absolute Gasteiger partial charge is 0.465 e. The summed E-state index contributed by atoms with van der Waals surface area (Å²) in [5, 5.41) is 0.425. The Morgan fingerprint density at radius 1 is 1.33 bits per heavy atom. The van der Waals surface area contributed by atoms with E-state index >= 15 is 0 Å². The summed E-state index contributed by atoms with van der Waals surface area (Å²) in [6.45, 7) is 1.72. The number of aryl methyl sites for hydroxylation is 1. The SMILES string of the molecule is COC(=O)c1sc2ncn(-c3ccccn3)c(=O)c2c1C. The third kappa shape index (κ3) is 2.11. The van der Waals surface area contributed by atoms with Crippen LogP contribution in [0, 0.1) is 6.92 Å². The number of methoxy groups -OCH3 is 1. The molecule has 0 aliphatic heterocycles. The van der Waals surface area contributed by atoms with E-state index in [0.717, 1.165) is 11.3 Å². The number of aromatic nitrogens is 3. The molecular weight excluding hydrogens is 290 g/mol. The first-order valence-electron chi connectivity index (χ1n) is 6.14. The highest BCUT2D eigenvalue weighted by Crippen LogP contribution is 2.27. The minimum absolute atomic E-state index is 0.248. The summed E-state index contributed by atoms with van der Waals surface area (Å²) in [4.78, 5) is 33.6. The van der Waals surface area contributed by atoms with Crippen molar-refractivity contribution in [2.24, 2.45) is 0 Å². The van der Waals surface area contributed by atoms with Crippen molar-refractivity contribution in [1.82, 2.24) is 14.5 Å². The number of thiophene rings is 1. The van der Waals surface area contributed by atoms with Gasteiger partial charge >= 0.3 is 5.97 Å². The second-order valence-corrected chi connectivity index (χ2v) is 5.33. The average Bonchev–Trinajstić information content (AvgIpc) is 2.85. The lowest BCUT2D eigenvalue weighted by atomic mass is 10.2. The number of hydrogen-bond acceptors (Lipinski definition) is 6. The second kappa shape index (κ2) is 5.10. The summed E-state index contributed by atoms with van der Waals surface area (Å²) in [7, 11) is 1.31. The normalized spacial score (nSPS) is 10.8. The Bertz CT molecular complexity index is 884. The molecule has 0 atom stereocenters. The van der Waals surface area contributed by atoms with Gasteiger partial charge in [0.05, 0.1) is 12.5 Å². The molecular formula is C14H11N3O3S. The third-order valence-electron chi connectivity index (χ3n) is 3.12. The Hall–Kier alpha value is -2.54. The van der Waals surface area contributed by atoms with Gasteiger partial charge in [-0.25, -0.2) is 14.8 Å². The number of carbonyl (C=O) groups excluding carboxylic acids is 1. The lowest BCUT2D eigenvalue weighted by Gasteiger charge is -2.03. The van der Waals surface area contributed by atoms with Crippen molar-refractivity contribution in [3.8, 4) is 5.82 Å². The van der Waals surface area contributed by atoms with E-state index in [-0.39, 0.29) is 5.56 Å². The Morgan fingerprint density at radius 3 is 2.81 bits per heavy atom. The van der Waals surface area contributed by atoms with Crippen LogP contribution in [0.3, 0.4) is 0 Å². The molecule has 0 bridgehead atoms. The van der Waals surface area contributed by atoms with E-state index in [0.29, 0.717) is 26.5 Å². The van der Waals surface area contributed by atoms with Gasteiger partial charge in [-0.2, -0.15) is 0 Å². The molecule has 3 rings (SSSR count). The minimum Gasteiger partial charge on any atom is -0.465 e. The molecule has 0 spiro atoms. The lowest BCUT2D eigenvalue weighted by Crippen LogP contribution is -2.19. The fourth-order valence-corrected chi connectivity index (χ4v) is 3.13. The Morgan fingerprint density at radius 2 is 2.14 bits per heavy atom. The molecule has 6 nitrogen and oxygen atoms in total. The fraction of sp³-hybridized carbons (Fsp3) is 0.143. The van der Waals surface area contributed by atoms with E-state index < -0.39 is 5.97 Å². The number of esters is 1. The van der Waals surface area contributed by atoms with E-state index in [1.165, 1.54) is 18.0 Å². The summed E-state index contributed by atoms with van der Waals surface area (Å²) in [5.41, 5.74) is 0.340. The van der Waals surface area contributed by atoms with Crippen LogP contribution in [0.25, 0.3) is 16.0 Å². The maximum atomic E-state index is 12.6. The van der Waals surface area contributed by atoms with Gasteiger partial charge in [0.15, 0.2) is 0 Å². The first kappa shape index (κ1) is 13.4. The van der Waals surface area contributed by atoms with Gasteiger partial charge in [-0.05, 0) is 24.6 Å². The van der Waals surface area contributed by atoms with Gasteiger partial charge < -0.3 is 4.74 Å². The zero-order valence-electron chi connectivity index (χ0n) is 11.4. The average molecular weight is 301 g/mol. The van der Waals surface area contributed by atoms with Gasteiger partial charge in [0.1, 0.15) is 21.9 Å². The van der Waals surface area contributed by atoms with Crippen LogP contribution < -0.4 is 5.56 Å². The molecule has 0 saturated carbocycles. The molecule has 0 radical (unpaired) electrons. The summed E-state index contributed by atoms with van der Waals surface area (Å²) in [6.07, 6.45) is 3.02. The molecule has 0 N–H and O–H groups in total. The molecule has 3 aromatic heterocycles. The van der Waals surface area contributed by atoms with E-state index in [1.54, 1.807) is 31.3 Å². The van der Waals surface area contributed by atoms with Crippen LogP contribution in [0.2, 0.25) is 0 Å². The maximum Gasteiger partial charge on any atom is 0.348 e. The van der Waals surface area contributed by atoms with Crippen LogP contribution in [0.4, 0.5) is 0 Å². The summed E-state index contributed by atoms with van der Waals surface area (Å²) < 4.78 is 6.09. The molecule has 0 aromatic carbocycles. The smallest absolute Gasteiger partial charge is 0.348 e. The van der Waals surface area contributed by atoms with Crippen LogP contribution >= 0.6 is 11.3 Å². The van der Waals surface area contributed by atoms with Crippen molar-refractivity contribution in [1.29, 1.82) is 0 Å². The molecule has 106 valence electrons. The monoisotopic (exact) mass is 301 g/mol. The predicted octanol–water partition coefficient (Wildman–Crippen LogP) is 1.94. The molecule has 3 aromatic rings.